The lowest BCUT2D eigenvalue weighted by atomic mass is 10.1. The summed E-state index contributed by atoms with van der Waals surface area (Å²) in [6.07, 6.45) is 2.27. The molecule has 26 heavy (non-hydrogen) atoms. The summed E-state index contributed by atoms with van der Waals surface area (Å²) in [5.41, 5.74) is 2.47. The molecular weight excluding hydrogens is 332 g/mol. The van der Waals surface area contributed by atoms with E-state index in [4.69, 9.17) is 5.11 Å². The maximum absolute atomic E-state index is 12.3. The number of anilines is 2. The fourth-order valence-electron chi connectivity index (χ4n) is 2.40. The van der Waals surface area contributed by atoms with Crippen LogP contribution >= 0.6 is 0 Å². The number of carbonyl (C=O) groups excluding carboxylic acids is 2. The van der Waals surface area contributed by atoms with Crippen molar-refractivity contribution in [1.82, 2.24) is 0 Å². The van der Waals surface area contributed by atoms with Gasteiger partial charge in [-0.3, -0.25) is 9.59 Å². The third-order valence-corrected chi connectivity index (χ3v) is 3.91. The van der Waals surface area contributed by atoms with Crippen LogP contribution in [0.4, 0.5) is 11.4 Å². The molecule has 0 atom stereocenters. The summed E-state index contributed by atoms with van der Waals surface area (Å²) in [6.45, 7) is 3.76. The normalized spacial score (nSPS) is 10.2. The van der Waals surface area contributed by atoms with Crippen LogP contribution in [0.2, 0.25) is 0 Å². The molecule has 3 N–H and O–H groups in total. The minimum Gasteiger partial charge on any atom is -0.478 e. The number of carboxylic acid groups (broad SMARTS) is 1. The molecule has 0 aliphatic rings. The zero-order valence-electron chi connectivity index (χ0n) is 14.8. The Hall–Kier alpha value is -3.15. The fourth-order valence-corrected chi connectivity index (χ4v) is 2.40. The Labute approximate surface area is 152 Å². The third-order valence-electron chi connectivity index (χ3n) is 3.91. The highest BCUT2D eigenvalue weighted by molar-refractivity contribution is 6.05. The molecule has 0 radical (unpaired) electrons. The van der Waals surface area contributed by atoms with Gasteiger partial charge >= 0.3 is 5.97 Å². The van der Waals surface area contributed by atoms with Crippen molar-refractivity contribution in [2.24, 2.45) is 0 Å². The van der Waals surface area contributed by atoms with E-state index in [0.717, 1.165) is 12.8 Å². The van der Waals surface area contributed by atoms with E-state index in [1.165, 1.54) is 12.1 Å². The molecule has 2 aromatic rings. The monoisotopic (exact) mass is 354 g/mol. The number of nitrogens with one attached hydrogen (secondary N) is 2. The second-order valence-electron chi connectivity index (χ2n) is 6.02. The molecule has 6 heteroatoms. The first-order chi connectivity index (χ1) is 12.4. The van der Waals surface area contributed by atoms with Gasteiger partial charge in [0.15, 0.2) is 0 Å². The minimum atomic E-state index is -1.01. The van der Waals surface area contributed by atoms with E-state index < -0.39 is 5.97 Å². The number of carboxylic acids is 1. The van der Waals surface area contributed by atoms with E-state index in [0.29, 0.717) is 28.9 Å². The predicted molar refractivity (Wildman–Crippen MR) is 101 cm³/mol. The summed E-state index contributed by atoms with van der Waals surface area (Å²) < 4.78 is 0. The molecule has 2 amide bonds. The summed E-state index contributed by atoms with van der Waals surface area (Å²) in [5.74, 6) is -1.36. The number of unbranched alkanes of at least 4 members (excludes halogenated alkanes) is 1. The molecule has 0 aromatic heterocycles. The highest BCUT2D eigenvalue weighted by Gasteiger charge is 2.10. The van der Waals surface area contributed by atoms with Gasteiger partial charge in [-0.25, -0.2) is 4.79 Å². The van der Waals surface area contributed by atoms with Crippen molar-refractivity contribution in [3.63, 3.8) is 0 Å². The van der Waals surface area contributed by atoms with E-state index in [2.05, 4.69) is 10.6 Å². The highest BCUT2D eigenvalue weighted by Crippen LogP contribution is 2.18. The molecule has 0 fully saturated rings. The van der Waals surface area contributed by atoms with Crippen molar-refractivity contribution in [3.8, 4) is 0 Å². The molecule has 2 aromatic carbocycles. The lowest BCUT2D eigenvalue weighted by molar-refractivity contribution is -0.116. The first-order valence-corrected chi connectivity index (χ1v) is 8.46. The SMILES string of the molecule is CCCCC(=O)Nc1ccc(C(=O)Nc2ccc(C(=O)O)cc2C)cc1. The number of aromatic carboxylic acids is 1. The molecular formula is C20H22N2O4. The first-order valence-electron chi connectivity index (χ1n) is 8.46. The van der Waals surface area contributed by atoms with Crippen LogP contribution in [-0.4, -0.2) is 22.9 Å². The smallest absolute Gasteiger partial charge is 0.335 e. The molecule has 0 bridgehead atoms. The second kappa shape index (κ2) is 8.80. The molecule has 136 valence electrons. The Morgan fingerprint density at radius 3 is 2.19 bits per heavy atom. The predicted octanol–water partition coefficient (Wildman–Crippen LogP) is 4.07. The van der Waals surface area contributed by atoms with Gasteiger partial charge in [-0.1, -0.05) is 13.3 Å². The van der Waals surface area contributed by atoms with E-state index in [1.54, 1.807) is 37.3 Å². The Balaban J connectivity index is 2.02. The Morgan fingerprint density at radius 2 is 1.62 bits per heavy atom. The van der Waals surface area contributed by atoms with Crippen LogP contribution in [0, 0.1) is 6.92 Å². The van der Waals surface area contributed by atoms with Gasteiger partial charge in [0.1, 0.15) is 0 Å². The topological polar surface area (TPSA) is 95.5 Å². The number of benzene rings is 2. The molecule has 0 spiro atoms. The number of hydrogen-bond donors (Lipinski definition) is 3. The Bertz CT molecular complexity index is 813. The standard InChI is InChI=1S/C20H22N2O4/c1-3-4-5-18(23)21-16-9-6-14(7-10-16)19(24)22-17-11-8-15(20(25)26)12-13(17)2/h6-12H,3-5H2,1-2H3,(H,21,23)(H,22,24)(H,25,26). The molecule has 0 heterocycles. The van der Waals surface area contributed by atoms with Crippen molar-refractivity contribution in [2.45, 2.75) is 33.1 Å². The fraction of sp³-hybridized carbons (Fsp3) is 0.250. The van der Waals surface area contributed by atoms with Crippen LogP contribution in [-0.2, 0) is 4.79 Å². The Kier molecular flexibility index (Phi) is 6.49. The lowest BCUT2D eigenvalue weighted by Crippen LogP contribution is -2.14. The van der Waals surface area contributed by atoms with Crippen molar-refractivity contribution in [2.75, 3.05) is 10.6 Å². The molecule has 0 aliphatic carbocycles. The first kappa shape index (κ1) is 19.2. The van der Waals surface area contributed by atoms with Gasteiger partial charge in [-0.2, -0.15) is 0 Å². The van der Waals surface area contributed by atoms with Crippen LogP contribution < -0.4 is 10.6 Å². The third kappa shape index (κ3) is 5.17. The lowest BCUT2D eigenvalue weighted by Gasteiger charge is -2.10. The van der Waals surface area contributed by atoms with E-state index in [9.17, 15) is 14.4 Å². The summed E-state index contributed by atoms with van der Waals surface area (Å²) in [6, 6.07) is 11.1. The average Bonchev–Trinajstić information content (AvgIpc) is 2.62. The molecule has 0 saturated carbocycles. The maximum atomic E-state index is 12.3. The van der Waals surface area contributed by atoms with E-state index >= 15 is 0 Å². The molecule has 0 aliphatic heterocycles. The number of aryl methyl sites for hydroxylation is 1. The van der Waals surface area contributed by atoms with Crippen molar-refractivity contribution >= 4 is 29.2 Å². The second-order valence-corrected chi connectivity index (χ2v) is 6.02. The molecule has 0 saturated heterocycles. The van der Waals surface area contributed by atoms with Crippen molar-refractivity contribution in [1.29, 1.82) is 0 Å². The summed E-state index contributed by atoms with van der Waals surface area (Å²) in [7, 11) is 0. The number of hydrogen-bond acceptors (Lipinski definition) is 3. The zero-order valence-corrected chi connectivity index (χ0v) is 14.8. The van der Waals surface area contributed by atoms with Crippen LogP contribution in [0.3, 0.4) is 0 Å². The largest absolute Gasteiger partial charge is 0.478 e. The van der Waals surface area contributed by atoms with E-state index in [-0.39, 0.29) is 17.4 Å². The quantitative estimate of drug-likeness (QED) is 0.698. The molecule has 0 unspecified atom stereocenters. The van der Waals surface area contributed by atoms with Crippen molar-refractivity contribution < 1.29 is 19.5 Å². The number of rotatable bonds is 7. The van der Waals surface area contributed by atoms with Gasteiger partial charge in [0.2, 0.25) is 5.91 Å². The minimum absolute atomic E-state index is 0.0433. The molecule has 2 rings (SSSR count). The summed E-state index contributed by atoms with van der Waals surface area (Å²) in [5, 5.41) is 14.5. The average molecular weight is 354 g/mol. The van der Waals surface area contributed by atoms with Crippen LogP contribution in [0.25, 0.3) is 0 Å². The zero-order chi connectivity index (χ0) is 19.1. The molecule has 6 nitrogen and oxygen atoms in total. The highest BCUT2D eigenvalue weighted by atomic mass is 16.4. The number of carbonyl (C=O) groups is 3. The van der Waals surface area contributed by atoms with Crippen molar-refractivity contribution in [3.05, 3.63) is 59.2 Å². The maximum Gasteiger partial charge on any atom is 0.335 e. The number of amides is 2. The van der Waals surface area contributed by atoms with Gasteiger partial charge in [0.25, 0.3) is 5.91 Å². The van der Waals surface area contributed by atoms with Crippen LogP contribution in [0.15, 0.2) is 42.5 Å². The van der Waals surface area contributed by atoms with Gasteiger partial charge in [-0.15, -0.1) is 0 Å². The summed E-state index contributed by atoms with van der Waals surface area (Å²) >= 11 is 0. The van der Waals surface area contributed by atoms with Gasteiger partial charge < -0.3 is 15.7 Å². The van der Waals surface area contributed by atoms with Crippen LogP contribution in [0.1, 0.15) is 52.5 Å². The van der Waals surface area contributed by atoms with E-state index in [1.807, 2.05) is 6.92 Å². The Morgan fingerprint density at radius 1 is 0.962 bits per heavy atom. The summed E-state index contributed by atoms with van der Waals surface area (Å²) in [4.78, 5) is 35.0. The van der Waals surface area contributed by atoms with Crippen LogP contribution in [0.5, 0.6) is 0 Å². The van der Waals surface area contributed by atoms with Gasteiger partial charge in [-0.05, 0) is 61.4 Å². The van der Waals surface area contributed by atoms with Gasteiger partial charge in [0.05, 0.1) is 5.56 Å². The van der Waals surface area contributed by atoms with Gasteiger partial charge in [0, 0.05) is 23.4 Å².